The van der Waals surface area contributed by atoms with E-state index in [9.17, 15) is 14.2 Å². The standard InChI is InChI=1S/C7H11O8P/c8-6(9)3-5(7(10)11)4-15-1-2-16(12,13)14/h3H,1-2,4H2,(H,8,9)(H,10,11)(H2,12,13,14). The summed E-state index contributed by atoms with van der Waals surface area (Å²) in [5.41, 5.74) is -0.502. The van der Waals surface area contributed by atoms with Gasteiger partial charge in [-0.3, -0.25) is 4.57 Å². The maximum Gasteiger partial charge on any atom is 0.334 e. The second-order valence-corrected chi connectivity index (χ2v) is 4.53. The molecule has 0 aliphatic rings. The van der Waals surface area contributed by atoms with E-state index in [2.05, 4.69) is 4.74 Å². The maximum absolute atomic E-state index is 10.5. The number of carboxylic acids is 2. The molecule has 0 saturated heterocycles. The lowest BCUT2D eigenvalue weighted by atomic mass is 10.2. The second kappa shape index (κ2) is 6.39. The van der Waals surface area contributed by atoms with Crippen molar-refractivity contribution in [1.29, 1.82) is 0 Å². The Morgan fingerprint density at radius 2 is 1.81 bits per heavy atom. The van der Waals surface area contributed by atoms with Gasteiger partial charge in [0.1, 0.15) is 0 Å². The Kier molecular flexibility index (Phi) is 5.91. The minimum Gasteiger partial charge on any atom is -0.478 e. The average molecular weight is 254 g/mol. The van der Waals surface area contributed by atoms with Crippen molar-refractivity contribution in [2.75, 3.05) is 19.4 Å². The smallest absolute Gasteiger partial charge is 0.334 e. The van der Waals surface area contributed by atoms with Crippen molar-refractivity contribution >= 4 is 19.5 Å². The molecule has 0 aromatic carbocycles. The first-order chi connectivity index (χ1) is 7.22. The monoisotopic (exact) mass is 254 g/mol. The Balaban J connectivity index is 4.11. The Hall–Kier alpha value is -1.21. The van der Waals surface area contributed by atoms with Crippen LogP contribution in [0.5, 0.6) is 0 Å². The third-order valence-corrected chi connectivity index (χ3v) is 2.12. The van der Waals surface area contributed by atoms with E-state index in [0.29, 0.717) is 6.08 Å². The molecule has 0 atom stereocenters. The number of carbonyl (C=O) groups is 2. The SMILES string of the molecule is O=C(O)C=C(COCCP(=O)(O)O)C(=O)O. The van der Waals surface area contributed by atoms with Gasteiger partial charge >= 0.3 is 19.5 Å². The first-order valence-corrected chi connectivity index (χ1v) is 5.81. The summed E-state index contributed by atoms with van der Waals surface area (Å²) < 4.78 is 15.0. The van der Waals surface area contributed by atoms with Crippen molar-refractivity contribution in [2.45, 2.75) is 0 Å². The highest BCUT2D eigenvalue weighted by Gasteiger charge is 2.14. The zero-order chi connectivity index (χ0) is 12.8. The van der Waals surface area contributed by atoms with Crippen LogP contribution in [0.25, 0.3) is 0 Å². The molecule has 0 aromatic heterocycles. The molecule has 0 aliphatic heterocycles. The summed E-state index contributed by atoms with van der Waals surface area (Å²) in [6, 6.07) is 0. The van der Waals surface area contributed by atoms with E-state index in [1.807, 2.05) is 0 Å². The van der Waals surface area contributed by atoms with Gasteiger partial charge in [0.05, 0.1) is 24.9 Å². The van der Waals surface area contributed by atoms with Crippen molar-refractivity contribution < 1.29 is 38.9 Å². The van der Waals surface area contributed by atoms with Gasteiger partial charge in [0, 0.05) is 6.08 Å². The maximum atomic E-state index is 10.5. The molecule has 4 N–H and O–H groups in total. The molecule has 0 unspecified atom stereocenters. The van der Waals surface area contributed by atoms with Crippen LogP contribution in [-0.2, 0) is 18.9 Å². The summed E-state index contributed by atoms with van der Waals surface area (Å²) in [7, 11) is -4.19. The molecule has 0 bridgehead atoms. The Labute approximate surface area is 90.3 Å². The van der Waals surface area contributed by atoms with Gasteiger partial charge in [-0.2, -0.15) is 0 Å². The lowest BCUT2D eigenvalue weighted by Crippen LogP contribution is -2.12. The van der Waals surface area contributed by atoms with Crippen LogP contribution in [0.4, 0.5) is 0 Å². The lowest BCUT2D eigenvalue weighted by Gasteiger charge is -2.05. The number of hydrogen-bond donors (Lipinski definition) is 4. The molecule has 92 valence electrons. The zero-order valence-electron chi connectivity index (χ0n) is 8.07. The first-order valence-electron chi connectivity index (χ1n) is 4.01. The summed E-state index contributed by atoms with van der Waals surface area (Å²) in [5.74, 6) is -2.89. The summed E-state index contributed by atoms with van der Waals surface area (Å²) >= 11 is 0. The predicted octanol–water partition coefficient (Wildman–Crippen LogP) is -0.724. The van der Waals surface area contributed by atoms with E-state index in [4.69, 9.17) is 20.0 Å². The van der Waals surface area contributed by atoms with E-state index < -0.39 is 37.9 Å². The Morgan fingerprint density at radius 3 is 2.19 bits per heavy atom. The van der Waals surface area contributed by atoms with Crippen LogP contribution in [0.15, 0.2) is 11.6 Å². The molecular formula is C7H11O8P. The summed E-state index contributed by atoms with van der Waals surface area (Å²) in [4.78, 5) is 37.5. The summed E-state index contributed by atoms with van der Waals surface area (Å²) in [6.07, 6.45) is -0.0905. The predicted molar refractivity (Wildman–Crippen MR) is 51.1 cm³/mol. The van der Waals surface area contributed by atoms with E-state index in [1.54, 1.807) is 0 Å². The van der Waals surface area contributed by atoms with Crippen molar-refractivity contribution in [1.82, 2.24) is 0 Å². The second-order valence-electron chi connectivity index (χ2n) is 2.75. The molecule has 0 amide bonds. The van der Waals surface area contributed by atoms with Gasteiger partial charge in [-0.05, 0) is 0 Å². The van der Waals surface area contributed by atoms with Crippen molar-refractivity contribution in [3.05, 3.63) is 11.6 Å². The van der Waals surface area contributed by atoms with Crippen LogP contribution in [0.2, 0.25) is 0 Å². The van der Waals surface area contributed by atoms with E-state index >= 15 is 0 Å². The van der Waals surface area contributed by atoms with Crippen LogP contribution in [0, 0.1) is 0 Å². The molecule has 16 heavy (non-hydrogen) atoms. The number of rotatable bonds is 7. The van der Waals surface area contributed by atoms with Crippen molar-refractivity contribution in [2.24, 2.45) is 0 Å². The molecule has 0 heterocycles. The van der Waals surface area contributed by atoms with Gasteiger partial charge in [-0.15, -0.1) is 0 Å². The quantitative estimate of drug-likeness (QED) is 0.265. The van der Waals surface area contributed by atoms with Crippen LogP contribution >= 0.6 is 7.60 Å². The third-order valence-electron chi connectivity index (χ3n) is 1.36. The molecule has 0 aromatic rings. The topological polar surface area (TPSA) is 141 Å². The molecule has 0 aliphatic carbocycles. The van der Waals surface area contributed by atoms with E-state index in [1.165, 1.54) is 0 Å². The Morgan fingerprint density at radius 1 is 1.25 bits per heavy atom. The fourth-order valence-corrected chi connectivity index (χ4v) is 1.05. The number of hydrogen-bond acceptors (Lipinski definition) is 4. The minimum atomic E-state index is -4.19. The fraction of sp³-hybridized carbons (Fsp3) is 0.429. The van der Waals surface area contributed by atoms with Gasteiger partial charge < -0.3 is 24.7 Å². The van der Waals surface area contributed by atoms with Gasteiger partial charge in [0.25, 0.3) is 0 Å². The molecule has 0 rings (SSSR count). The number of ether oxygens (including phenoxy) is 1. The summed E-state index contributed by atoms with van der Waals surface area (Å²) in [5, 5.41) is 16.8. The van der Waals surface area contributed by atoms with Crippen molar-refractivity contribution in [3.63, 3.8) is 0 Å². The van der Waals surface area contributed by atoms with Gasteiger partial charge in [-0.25, -0.2) is 9.59 Å². The normalized spacial score (nSPS) is 12.5. The van der Waals surface area contributed by atoms with Crippen LogP contribution in [0.3, 0.4) is 0 Å². The van der Waals surface area contributed by atoms with Gasteiger partial charge in [0.15, 0.2) is 0 Å². The number of carboxylic acid groups (broad SMARTS) is 2. The lowest BCUT2D eigenvalue weighted by molar-refractivity contribution is -0.135. The third kappa shape index (κ3) is 8.13. The fourth-order valence-electron chi connectivity index (χ4n) is 0.680. The largest absolute Gasteiger partial charge is 0.478 e. The molecule has 9 heteroatoms. The van der Waals surface area contributed by atoms with Gasteiger partial charge in [-0.1, -0.05) is 0 Å². The van der Waals surface area contributed by atoms with Crippen LogP contribution in [-0.4, -0.2) is 51.3 Å². The highest BCUT2D eigenvalue weighted by molar-refractivity contribution is 7.51. The van der Waals surface area contributed by atoms with E-state index in [0.717, 1.165) is 0 Å². The first kappa shape index (κ1) is 14.8. The van der Waals surface area contributed by atoms with Gasteiger partial charge in [0.2, 0.25) is 0 Å². The van der Waals surface area contributed by atoms with E-state index in [-0.39, 0.29) is 6.61 Å². The molecule has 0 spiro atoms. The average Bonchev–Trinajstić information content (AvgIpc) is 2.07. The van der Waals surface area contributed by atoms with Crippen molar-refractivity contribution in [3.8, 4) is 0 Å². The molecule has 0 fully saturated rings. The Bertz CT molecular complexity index is 340. The minimum absolute atomic E-state index is 0.353. The summed E-state index contributed by atoms with van der Waals surface area (Å²) in [6.45, 7) is -0.879. The molecule has 0 saturated carbocycles. The van der Waals surface area contributed by atoms with Crippen LogP contribution in [0.1, 0.15) is 0 Å². The molecule has 0 radical (unpaired) electrons. The molecular weight excluding hydrogens is 243 g/mol. The zero-order valence-corrected chi connectivity index (χ0v) is 8.96. The highest BCUT2D eigenvalue weighted by atomic mass is 31.2. The highest BCUT2D eigenvalue weighted by Crippen LogP contribution is 2.33. The molecule has 8 nitrogen and oxygen atoms in total. The van der Waals surface area contributed by atoms with Crippen LogP contribution < -0.4 is 0 Å². The number of aliphatic carboxylic acids is 2.